The molecule has 2 aromatic heterocycles. The number of rotatable bonds is 4. The third-order valence-electron chi connectivity index (χ3n) is 3.27. The molecule has 0 saturated carbocycles. The molecule has 0 spiro atoms. The number of aromatic nitrogens is 1. The van der Waals surface area contributed by atoms with Crippen LogP contribution in [-0.4, -0.2) is 37.0 Å². The number of hydrogen-bond acceptors (Lipinski definition) is 7. The largest absolute Gasteiger partial charge is 0.450 e. The second kappa shape index (κ2) is 6.56. The Hall–Kier alpha value is -1.49. The van der Waals surface area contributed by atoms with Crippen LogP contribution in [0.25, 0.3) is 0 Å². The second-order valence-corrected chi connectivity index (χ2v) is 8.95. The molecule has 1 N–H and O–H groups in total. The van der Waals surface area contributed by atoms with E-state index in [4.69, 9.17) is 4.74 Å². The van der Waals surface area contributed by atoms with Crippen LogP contribution in [0.1, 0.15) is 17.5 Å². The molecule has 1 aliphatic heterocycles. The maximum Gasteiger partial charge on any atom is 0.413 e. The highest BCUT2D eigenvalue weighted by molar-refractivity contribution is 7.91. The highest BCUT2D eigenvalue weighted by atomic mass is 32.2. The fourth-order valence-electron chi connectivity index (χ4n) is 2.22. The van der Waals surface area contributed by atoms with Gasteiger partial charge in [-0.25, -0.2) is 18.2 Å². The number of thiophene rings is 1. The molecule has 0 fully saturated rings. The van der Waals surface area contributed by atoms with Crippen molar-refractivity contribution in [2.75, 3.05) is 18.5 Å². The van der Waals surface area contributed by atoms with Gasteiger partial charge < -0.3 is 4.74 Å². The Morgan fingerprint density at radius 1 is 1.52 bits per heavy atom. The van der Waals surface area contributed by atoms with Crippen molar-refractivity contribution < 1.29 is 17.9 Å². The van der Waals surface area contributed by atoms with Gasteiger partial charge in [-0.15, -0.1) is 11.3 Å². The normalized spacial score (nSPS) is 15.2. The standard InChI is InChI=1S/C13H15N3O4S3/c1-2-20-13(17)15-12-14-9-5-6-16(8-10(9)22-12)23(18,19)11-4-3-7-21-11/h3-4,7H,2,5-6,8H2,1H3,(H,14,15,17). The zero-order valence-corrected chi connectivity index (χ0v) is 14.8. The van der Waals surface area contributed by atoms with E-state index in [1.807, 2.05) is 0 Å². The summed E-state index contributed by atoms with van der Waals surface area (Å²) in [6, 6.07) is 3.33. The molecule has 3 rings (SSSR count). The predicted molar refractivity (Wildman–Crippen MR) is 88.4 cm³/mol. The van der Waals surface area contributed by atoms with Gasteiger partial charge in [0.1, 0.15) is 4.21 Å². The Balaban J connectivity index is 1.76. The van der Waals surface area contributed by atoms with Crippen molar-refractivity contribution in [3.05, 3.63) is 28.1 Å². The maximum absolute atomic E-state index is 12.6. The molecule has 0 saturated heterocycles. The van der Waals surface area contributed by atoms with Gasteiger partial charge in [0.05, 0.1) is 18.8 Å². The molecule has 0 unspecified atom stereocenters. The third kappa shape index (κ3) is 3.39. The molecule has 1 aliphatic rings. The number of amides is 1. The smallest absolute Gasteiger partial charge is 0.413 e. The molecule has 0 aromatic carbocycles. The minimum Gasteiger partial charge on any atom is -0.450 e. The Morgan fingerprint density at radius 3 is 3.04 bits per heavy atom. The summed E-state index contributed by atoms with van der Waals surface area (Å²) in [4.78, 5) is 16.6. The van der Waals surface area contributed by atoms with Crippen LogP contribution >= 0.6 is 22.7 Å². The number of nitrogens with one attached hydrogen (secondary N) is 1. The van der Waals surface area contributed by atoms with Crippen LogP contribution in [0.5, 0.6) is 0 Å². The van der Waals surface area contributed by atoms with Gasteiger partial charge in [-0.3, -0.25) is 5.32 Å². The van der Waals surface area contributed by atoms with Crippen LogP contribution in [0.2, 0.25) is 0 Å². The van der Waals surface area contributed by atoms with Crippen molar-refractivity contribution in [3.8, 4) is 0 Å². The lowest BCUT2D eigenvalue weighted by molar-refractivity contribution is 0.168. The molecule has 124 valence electrons. The Labute approximate surface area is 142 Å². The molecular formula is C13H15N3O4S3. The molecular weight excluding hydrogens is 358 g/mol. The van der Waals surface area contributed by atoms with Gasteiger partial charge in [0, 0.05) is 17.8 Å². The summed E-state index contributed by atoms with van der Waals surface area (Å²) >= 11 is 2.49. The van der Waals surface area contributed by atoms with Gasteiger partial charge in [0.15, 0.2) is 5.13 Å². The monoisotopic (exact) mass is 373 g/mol. The number of fused-ring (bicyclic) bond motifs is 1. The number of hydrogen-bond donors (Lipinski definition) is 1. The van der Waals surface area contributed by atoms with Gasteiger partial charge in [0.2, 0.25) is 0 Å². The second-order valence-electron chi connectivity index (χ2n) is 4.76. The summed E-state index contributed by atoms with van der Waals surface area (Å²) in [6.45, 7) is 2.66. The van der Waals surface area contributed by atoms with Crippen LogP contribution in [-0.2, 0) is 27.7 Å². The van der Waals surface area contributed by atoms with Crippen LogP contribution in [0, 0.1) is 0 Å². The molecule has 1 amide bonds. The number of sulfonamides is 1. The van der Waals surface area contributed by atoms with E-state index in [0.29, 0.717) is 22.3 Å². The average Bonchev–Trinajstić information content (AvgIpc) is 3.15. The number of ether oxygens (including phenoxy) is 1. The quantitative estimate of drug-likeness (QED) is 0.890. The molecule has 0 aliphatic carbocycles. The van der Waals surface area contributed by atoms with E-state index in [2.05, 4.69) is 10.3 Å². The van der Waals surface area contributed by atoms with Gasteiger partial charge in [-0.05, 0) is 18.4 Å². The first-order valence-electron chi connectivity index (χ1n) is 6.96. The Morgan fingerprint density at radius 2 is 2.35 bits per heavy atom. The third-order valence-corrected chi connectivity index (χ3v) is 7.49. The molecule has 10 heteroatoms. The molecule has 3 heterocycles. The minimum atomic E-state index is -3.47. The van der Waals surface area contributed by atoms with E-state index in [0.717, 1.165) is 10.6 Å². The summed E-state index contributed by atoms with van der Waals surface area (Å²) < 4.78 is 31.7. The van der Waals surface area contributed by atoms with E-state index in [1.165, 1.54) is 27.0 Å². The summed E-state index contributed by atoms with van der Waals surface area (Å²) in [5, 5.41) is 4.74. The lowest BCUT2D eigenvalue weighted by Gasteiger charge is -2.24. The van der Waals surface area contributed by atoms with Crippen molar-refractivity contribution >= 4 is 43.9 Å². The minimum absolute atomic E-state index is 0.276. The van der Waals surface area contributed by atoms with E-state index < -0.39 is 16.1 Å². The van der Waals surface area contributed by atoms with E-state index >= 15 is 0 Å². The SMILES string of the molecule is CCOC(=O)Nc1nc2c(s1)CN(S(=O)(=O)c1cccs1)CC2. The molecule has 23 heavy (non-hydrogen) atoms. The van der Waals surface area contributed by atoms with Crippen molar-refractivity contribution in [1.82, 2.24) is 9.29 Å². The molecule has 0 atom stereocenters. The first-order chi connectivity index (χ1) is 11.0. The van der Waals surface area contributed by atoms with Gasteiger partial charge in [0.25, 0.3) is 10.0 Å². The zero-order chi connectivity index (χ0) is 16.4. The first-order valence-corrected chi connectivity index (χ1v) is 10.1. The summed E-state index contributed by atoms with van der Waals surface area (Å²) in [5.74, 6) is 0. The molecule has 0 radical (unpaired) electrons. The fraction of sp³-hybridized carbons (Fsp3) is 0.385. The van der Waals surface area contributed by atoms with Crippen LogP contribution in [0.4, 0.5) is 9.93 Å². The van der Waals surface area contributed by atoms with E-state index in [9.17, 15) is 13.2 Å². The number of carbonyl (C=O) groups excluding carboxylic acids is 1. The van der Waals surface area contributed by atoms with Crippen LogP contribution < -0.4 is 5.32 Å². The topological polar surface area (TPSA) is 88.6 Å². The highest BCUT2D eigenvalue weighted by Crippen LogP contribution is 2.32. The van der Waals surface area contributed by atoms with E-state index in [1.54, 1.807) is 24.4 Å². The van der Waals surface area contributed by atoms with Crippen molar-refractivity contribution in [2.45, 2.75) is 24.1 Å². The molecule has 7 nitrogen and oxygen atoms in total. The first kappa shape index (κ1) is 16.4. The van der Waals surface area contributed by atoms with Gasteiger partial charge >= 0.3 is 6.09 Å². The van der Waals surface area contributed by atoms with Crippen LogP contribution in [0.3, 0.4) is 0 Å². The Kier molecular flexibility index (Phi) is 4.67. The van der Waals surface area contributed by atoms with E-state index in [-0.39, 0.29) is 13.2 Å². The fourth-order valence-corrected chi connectivity index (χ4v) is 5.87. The molecule has 2 aromatic rings. The Bertz CT molecular complexity index is 799. The lowest BCUT2D eigenvalue weighted by Crippen LogP contribution is -2.35. The van der Waals surface area contributed by atoms with Gasteiger partial charge in [-0.1, -0.05) is 17.4 Å². The lowest BCUT2D eigenvalue weighted by atomic mass is 10.2. The zero-order valence-electron chi connectivity index (χ0n) is 12.3. The maximum atomic E-state index is 12.6. The van der Waals surface area contributed by atoms with Crippen LogP contribution in [0.15, 0.2) is 21.7 Å². The van der Waals surface area contributed by atoms with Crippen molar-refractivity contribution in [2.24, 2.45) is 0 Å². The van der Waals surface area contributed by atoms with Gasteiger partial charge in [-0.2, -0.15) is 4.31 Å². The number of nitrogens with zero attached hydrogens (tertiary/aromatic N) is 2. The number of anilines is 1. The highest BCUT2D eigenvalue weighted by Gasteiger charge is 2.31. The molecule has 0 bridgehead atoms. The van der Waals surface area contributed by atoms with Crippen molar-refractivity contribution in [1.29, 1.82) is 0 Å². The number of thiazole rings is 1. The average molecular weight is 373 g/mol. The summed E-state index contributed by atoms with van der Waals surface area (Å²) in [6.07, 6.45) is -0.0253. The summed E-state index contributed by atoms with van der Waals surface area (Å²) in [7, 11) is -3.47. The number of carbonyl (C=O) groups is 1. The summed E-state index contributed by atoms with van der Waals surface area (Å²) in [5.41, 5.74) is 0.833. The van der Waals surface area contributed by atoms with Crippen molar-refractivity contribution in [3.63, 3.8) is 0 Å². The predicted octanol–water partition coefficient (Wildman–Crippen LogP) is 2.52.